The highest BCUT2D eigenvalue weighted by molar-refractivity contribution is 6.00. The second kappa shape index (κ2) is 6.96. The highest BCUT2D eigenvalue weighted by atomic mass is 19.3. The molecule has 0 N–H and O–H groups in total. The van der Waals surface area contributed by atoms with Crippen LogP contribution in [0.1, 0.15) is 53.0 Å². The minimum atomic E-state index is -2.56. The maximum atomic E-state index is 14.0. The van der Waals surface area contributed by atoms with Crippen LogP contribution < -0.4 is 0 Å². The van der Waals surface area contributed by atoms with E-state index < -0.39 is 5.92 Å². The maximum Gasteiger partial charge on any atom is 0.248 e. The largest absolute Gasteiger partial charge is 0.255 e. The molecule has 1 aromatic heterocycles. The van der Waals surface area contributed by atoms with Crippen LogP contribution in [0.3, 0.4) is 0 Å². The van der Waals surface area contributed by atoms with E-state index in [9.17, 15) is 8.78 Å². The molecule has 0 saturated heterocycles. The molecule has 0 bridgehead atoms. The van der Waals surface area contributed by atoms with Crippen molar-refractivity contribution in [1.29, 1.82) is 0 Å². The van der Waals surface area contributed by atoms with Gasteiger partial charge in [-0.25, -0.2) is 8.78 Å². The minimum Gasteiger partial charge on any atom is -0.255 e. The molecule has 4 aromatic rings. The van der Waals surface area contributed by atoms with Gasteiger partial charge >= 0.3 is 0 Å². The van der Waals surface area contributed by atoms with E-state index in [0.29, 0.717) is 6.42 Å². The Hall–Kier alpha value is -3.07. The second-order valence-corrected chi connectivity index (χ2v) is 9.53. The Balaban J connectivity index is 1.58. The molecular formula is C29H25F2N. The molecule has 1 atom stereocenters. The highest BCUT2D eigenvalue weighted by Crippen LogP contribution is 2.48. The van der Waals surface area contributed by atoms with E-state index in [4.69, 9.17) is 4.98 Å². The van der Waals surface area contributed by atoms with Gasteiger partial charge < -0.3 is 0 Å². The Kier molecular flexibility index (Phi) is 4.27. The third-order valence-electron chi connectivity index (χ3n) is 7.30. The van der Waals surface area contributed by atoms with Gasteiger partial charge in [0, 0.05) is 30.0 Å². The van der Waals surface area contributed by atoms with Gasteiger partial charge in [0.15, 0.2) is 0 Å². The summed E-state index contributed by atoms with van der Waals surface area (Å²) in [5, 5.41) is 2.17. The van der Waals surface area contributed by atoms with Gasteiger partial charge in [-0.3, -0.25) is 4.98 Å². The summed E-state index contributed by atoms with van der Waals surface area (Å²) < 4.78 is 28.1. The lowest BCUT2D eigenvalue weighted by molar-refractivity contribution is 0.00780. The predicted octanol–water partition coefficient (Wildman–Crippen LogP) is 7.99. The number of alkyl halides is 2. The number of halogens is 2. The number of aryl methyl sites for hydroxylation is 2. The molecule has 1 unspecified atom stereocenters. The van der Waals surface area contributed by atoms with Crippen molar-refractivity contribution < 1.29 is 8.78 Å². The van der Waals surface area contributed by atoms with Crippen LogP contribution in [0.15, 0.2) is 60.8 Å². The van der Waals surface area contributed by atoms with E-state index in [0.717, 1.165) is 39.6 Å². The Morgan fingerprint density at radius 3 is 2.56 bits per heavy atom. The van der Waals surface area contributed by atoms with Crippen molar-refractivity contribution in [2.45, 2.75) is 51.4 Å². The third kappa shape index (κ3) is 2.98. The molecule has 2 aliphatic rings. The standard InChI is InChI=1S/C29H25F2N/c1-17-12-24-21-7-4-3-6-19(21)14-25(24)26(13-17)28-23-9-5-8-22(27(23)18(2)16-32-28)20-10-11-29(30,31)15-20/h3-9,12-13,16,20H,10-11,14-15H2,1-2H3. The number of hydrogen-bond donors (Lipinski definition) is 0. The zero-order valence-corrected chi connectivity index (χ0v) is 18.4. The van der Waals surface area contributed by atoms with Gasteiger partial charge in [0.2, 0.25) is 5.92 Å². The lowest BCUT2D eigenvalue weighted by Crippen LogP contribution is -2.09. The van der Waals surface area contributed by atoms with E-state index in [-0.39, 0.29) is 18.8 Å². The van der Waals surface area contributed by atoms with Crippen molar-refractivity contribution in [3.8, 4) is 22.4 Å². The quantitative estimate of drug-likeness (QED) is 0.279. The van der Waals surface area contributed by atoms with Gasteiger partial charge in [-0.05, 0) is 83.0 Å². The van der Waals surface area contributed by atoms with Crippen LogP contribution in [0.25, 0.3) is 33.2 Å². The summed E-state index contributed by atoms with van der Waals surface area (Å²) in [7, 11) is 0. The first-order valence-electron chi connectivity index (χ1n) is 11.4. The van der Waals surface area contributed by atoms with E-state index in [1.807, 2.05) is 25.3 Å². The predicted molar refractivity (Wildman–Crippen MR) is 126 cm³/mol. The first kappa shape index (κ1) is 19.6. The summed E-state index contributed by atoms with van der Waals surface area (Å²) in [6, 6.07) is 19.3. The lowest BCUT2D eigenvalue weighted by atomic mass is 9.88. The molecular weight excluding hydrogens is 400 g/mol. The van der Waals surface area contributed by atoms with Crippen molar-refractivity contribution in [3.63, 3.8) is 0 Å². The minimum absolute atomic E-state index is 0.0192. The number of fused-ring (bicyclic) bond motifs is 4. The molecule has 0 amide bonds. The zero-order chi connectivity index (χ0) is 22.0. The maximum absolute atomic E-state index is 14.0. The van der Waals surface area contributed by atoms with Crippen LogP contribution in [0, 0.1) is 13.8 Å². The average molecular weight is 426 g/mol. The molecule has 0 spiro atoms. The van der Waals surface area contributed by atoms with Crippen LogP contribution in [0.4, 0.5) is 8.78 Å². The fraction of sp³-hybridized carbons (Fsp3) is 0.276. The van der Waals surface area contributed by atoms with Gasteiger partial charge in [-0.15, -0.1) is 0 Å². The average Bonchev–Trinajstić information content (AvgIpc) is 3.33. The molecule has 0 aliphatic heterocycles. The summed E-state index contributed by atoms with van der Waals surface area (Å²) in [4.78, 5) is 4.91. The highest BCUT2D eigenvalue weighted by Gasteiger charge is 2.40. The smallest absolute Gasteiger partial charge is 0.248 e. The van der Waals surface area contributed by atoms with E-state index in [1.165, 1.54) is 27.8 Å². The summed E-state index contributed by atoms with van der Waals surface area (Å²) in [6.45, 7) is 4.18. The number of hydrogen-bond acceptors (Lipinski definition) is 1. The van der Waals surface area contributed by atoms with Crippen LogP contribution in [-0.2, 0) is 6.42 Å². The molecule has 2 aliphatic carbocycles. The van der Waals surface area contributed by atoms with Crippen molar-refractivity contribution in [2.75, 3.05) is 0 Å². The Labute approximate surface area is 187 Å². The van der Waals surface area contributed by atoms with Crippen LogP contribution in [0.5, 0.6) is 0 Å². The Morgan fingerprint density at radius 2 is 1.75 bits per heavy atom. The number of rotatable bonds is 2. The number of aromatic nitrogens is 1. The molecule has 1 heterocycles. The fourth-order valence-electron chi connectivity index (χ4n) is 5.86. The summed E-state index contributed by atoms with van der Waals surface area (Å²) in [6.07, 6.45) is 3.28. The molecule has 1 saturated carbocycles. The van der Waals surface area contributed by atoms with Gasteiger partial charge in [0.25, 0.3) is 0 Å². The lowest BCUT2D eigenvalue weighted by Gasteiger charge is -2.18. The summed E-state index contributed by atoms with van der Waals surface area (Å²) >= 11 is 0. The van der Waals surface area contributed by atoms with Crippen LogP contribution >= 0.6 is 0 Å². The van der Waals surface area contributed by atoms with Crippen molar-refractivity contribution in [1.82, 2.24) is 4.98 Å². The van der Waals surface area contributed by atoms with Gasteiger partial charge in [-0.2, -0.15) is 0 Å². The van der Waals surface area contributed by atoms with Crippen LogP contribution in [0.2, 0.25) is 0 Å². The van der Waals surface area contributed by atoms with Gasteiger partial charge in [0.05, 0.1) is 5.69 Å². The number of benzene rings is 3. The molecule has 32 heavy (non-hydrogen) atoms. The topological polar surface area (TPSA) is 12.9 Å². The molecule has 3 heteroatoms. The van der Waals surface area contributed by atoms with E-state index in [2.05, 4.69) is 49.4 Å². The molecule has 1 nitrogen and oxygen atoms in total. The van der Waals surface area contributed by atoms with Gasteiger partial charge in [0.1, 0.15) is 0 Å². The molecule has 1 fully saturated rings. The first-order valence-corrected chi connectivity index (χ1v) is 11.4. The second-order valence-electron chi connectivity index (χ2n) is 9.53. The SMILES string of the molecule is Cc1cc2c(c(-c3ncc(C)c4c(C5CCC(F)(F)C5)cccc34)c1)Cc1ccccc1-2. The van der Waals surface area contributed by atoms with Crippen molar-refractivity contribution >= 4 is 10.8 Å². The van der Waals surface area contributed by atoms with Crippen molar-refractivity contribution in [2.24, 2.45) is 0 Å². The molecule has 6 rings (SSSR count). The molecule has 3 aromatic carbocycles. The first-order chi connectivity index (χ1) is 15.4. The zero-order valence-electron chi connectivity index (χ0n) is 18.4. The third-order valence-corrected chi connectivity index (χ3v) is 7.30. The Bertz CT molecular complexity index is 1390. The summed E-state index contributed by atoms with van der Waals surface area (Å²) in [5.41, 5.74) is 10.7. The fourth-order valence-corrected chi connectivity index (χ4v) is 5.86. The van der Waals surface area contributed by atoms with E-state index >= 15 is 0 Å². The Morgan fingerprint density at radius 1 is 0.938 bits per heavy atom. The normalized spacial score (nSPS) is 18.7. The van der Waals surface area contributed by atoms with Crippen molar-refractivity contribution in [3.05, 3.63) is 88.6 Å². The molecule has 160 valence electrons. The molecule has 0 radical (unpaired) electrons. The van der Waals surface area contributed by atoms with Gasteiger partial charge in [-0.1, -0.05) is 48.5 Å². The van der Waals surface area contributed by atoms with E-state index in [1.54, 1.807) is 0 Å². The van der Waals surface area contributed by atoms with Crippen LogP contribution in [-0.4, -0.2) is 10.9 Å². The number of nitrogens with zero attached hydrogens (tertiary/aromatic N) is 1. The summed E-state index contributed by atoms with van der Waals surface area (Å²) in [5.74, 6) is -2.66. The number of pyridine rings is 1. The monoisotopic (exact) mass is 425 g/mol.